The van der Waals surface area contributed by atoms with Gasteiger partial charge in [-0.1, -0.05) is 43.3 Å². The first-order chi connectivity index (χ1) is 21.9. The molecule has 5 atom stereocenters. The molecule has 13 heteroatoms. The molecule has 12 nitrogen and oxygen atoms in total. The molecular weight excluding hydrogens is 593 g/mol. The summed E-state index contributed by atoms with van der Waals surface area (Å²) in [6, 6.07) is 13.3. The smallest absolute Gasteiger partial charge is 0.323 e. The maximum absolute atomic E-state index is 13.0. The Hall–Kier alpha value is -3.57. The topological polar surface area (TPSA) is 139 Å². The van der Waals surface area contributed by atoms with Gasteiger partial charge >= 0.3 is 14.5 Å². The first kappa shape index (κ1) is 30.1. The lowest BCUT2D eigenvalue weighted by Crippen LogP contribution is -2.38. The lowest BCUT2D eigenvalue weighted by molar-refractivity contribution is -0.150. The molecule has 238 valence electrons. The van der Waals surface area contributed by atoms with Crippen molar-refractivity contribution >= 4 is 48.2 Å². The van der Waals surface area contributed by atoms with Crippen LogP contribution in [0.15, 0.2) is 48.8 Å². The van der Waals surface area contributed by atoms with Crippen molar-refractivity contribution in [3.63, 3.8) is 0 Å². The van der Waals surface area contributed by atoms with Gasteiger partial charge in [-0.25, -0.2) is 10.1 Å². The van der Waals surface area contributed by atoms with Crippen LogP contribution in [0.1, 0.15) is 58.6 Å². The number of benzene rings is 2. The molecule has 2 saturated heterocycles. The van der Waals surface area contributed by atoms with E-state index < -0.39 is 14.6 Å². The van der Waals surface area contributed by atoms with Gasteiger partial charge in [-0.05, 0) is 56.9 Å². The van der Waals surface area contributed by atoms with Gasteiger partial charge in [0.25, 0.3) is 0 Å². The zero-order valence-electron chi connectivity index (χ0n) is 25.7. The minimum Gasteiger partial charge on any atom is -0.461 e. The van der Waals surface area contributed by atoms with E-state index >= 15 is 0 Å². The molecular formula is C32H40N7O5P. The highest BCUT2D eigenvalue weighted by molar-refractivity contribution is 7.45. The number of imidazole rings is 1. The molecule has 45 heavy (non-hydrogen) atoms. The Morgan fingerprint density at radius 2 is 1.93 bits per heavy atom. The highest BCUT2D eigenvalue weighted by Gasteiger charge is 2.37. The Morgan fingerprint density at radius 3 is 2.73 bits per heavy atom. The van der Waals surface area contributed by atoms with Gasteiger partial charge in [0, 0.05) is 24.4 Å². The second kappa shape index (κ2) is 13.0. The van der Waals surface area contributed by atoms with E-state index in [4.69, 9.17) is 24.3 Å². The lowest BCUT2D eigenvalue weighted by Gasteiger charge is -2.32. The summed E-state index contributed by atoms with van der Waals surface area (Å²) in [5.74, 6) is 1.55. The van der Waals surface area contributed by atoms with Crippen LogP contribution < -0.4 is 20.2 Å². The fourth-order valence-electron chi connectivity index (χ4n) is 6.31. The second-order valence-electron chi connectivity index (χ2n) is 12.2. The van der Waals surface area contributed by atoms with Crippen molar-refractivity contribution in [3.05, 3.63) is 48.8 Å². The fraction of sp³-hybridized carbons (Fsp3) is 0.500. The van der Waals surface area contributed by atoms with E-state index in [0.29, 0.717) is 11.4 Å². The molecule has 3 N–H and O–H groups in total. The normalized spacial score (nSPS) is 23.3. The maximum atomic E-state index is 13.0. The molecule has 0 spiro atoms. The van der Waals surface area contributed by atoms with E-state index in [1.807, 2.05) is 47.0 Å². The molecule has 3 aliphatic rings. The van der Waals surface area contributed by atoms with Crippen LogP contribution in [0, 0.1) is 5.92 Å². The number of hydrogen-bond donors (Lipinski definition) is 2. The van der Waals surface area contributed by atoms with Gasteiger partial charge in [-0.15, -0.1) is 0 Å². The minimum atomic E-state index is -1.72. The Morgan fingerprint density at radius 1 is 1.13 bits per heavy atom. The summed E-state index contributed by atoms with van der Waals surface area (Å²) in [7, 11) is -1.72. The van der Waals surface area contributed by atoms with E-state index in [1.165, 1.54) is 0 Å². The Balaban J connectivity index is 1.06. The van der Waals surface area contributed by atoms with Crippen LogP contribution in [0.5, 0.6) is 5.75 Å². The molecule has 7 rings (SSSR count). The van der Waals surface area contributed by atoms with Crippen LogP contribution in [-0.4, -0.2) is 63.4 Å². The van der Waals surface area contributed by atoms with Crippen LogP contribution in [0.4, 0.5) is 11.8 Å². The molecule has 0 bridgehead atoms. The number of rotatable bonds is 11. The van der Waals surface area contributed by atoms with E-state index in [1.54, 1.807) is 13.3 Å². The number of carbonyl (C=O) groups is 1. The Kier molecular flexibility index (Phi) is 8.72. The van der Waals surface area contributed by atoms with Crippen molar-refractivity contribution in [3.8, 4) is 5.75 Å². The molecule has 1 aliphatic carbocycles. The van der Waals surface area contributed by atoms with Crippen molar-refractivity contribution in [2.75, 3.05) is 30.3 Å². The molecule has 1 saturated carbocycles. The Bertz CT molecular complexity index is 1650. The fourth-order valence-corrected chi connectivity index (χ4v) is 7.55. The number of carbonyl (C=O) groups excluding carboxylic acids is 1. The van der Waals surface area contributed by atoms with Crippen molar-refractivity contribution in [2.45, 2.75) is 76.9 Å². The number of hydrogen-bond acceptors (Lipinski definition) is 11. The monoisotopic (exact) mass is 633 g/mol. The van der Waals surface area contributed by atoms with Gasteiger partial charge in [0.1, 0.15) is 24.1 Å². The van der Waals surface area contributed by atoms with E-state index in [9.17, 15) is 4.79 Å². The van der Waals surface area contributed by atoms with Crippen molar-refractivity contribution in [1.29, 1.82) is 0 Å². The second-order valence-corrected chi connectivity index (χ2v) is 13.5. The minimum absolute atomic E-state index is 0.0138. The number of nitrogen functional groups attached to an aromatic ring is 1. The summed E-state index contributed by atoms with van der Waals surface area (Å²) < 4.78 is 27.1. The highest BCUT2D eigenvalue weighted by atomic mass is 31.2. The van der Waals surface area contributed by atoms with Crippen LogP contribution in [0.25, 0.3) is 21.9 Å². The quantitative estimate of drug-likeness (QED) is 0.160. The predicted octanol–water partition coefficient (Wildman–Crippen LogP) is 5.48. The number of esters is 1. The summed E-state index contributed by atoms with van der Waals surface area (Å²) in [5.41, 5.74) is 7.51. The molecule has 4 heterocycles. The third kappa shape index (κ3) is 6.42. The first-order valence-electron chi connectivity index (χ1n) is 15.9. The summed E-state index contributed by atoms with van der Waals surface area (Å²) in [4.78, 5) is 28.8. The number of aromatic nitrogens is 4. The molecule has 0 amide bonds. The maximum Gasteiger partial charge on any atom is 0.323 e. The molecule has 2 aromatic carbocycles. The molecule has 4 aromatic rings. The number of nitrogens with one attached hydrogen (secondary N) is 1. The first-order valence-corrected chi connectivity index (χ1v) is 17.1. The SMILES string of the molecule is CC(NP(OCC1CC(C)C(n2cnc3c(N4CCC4)nc(N)nc32)O1)Oc1cccc2ccccc12)C(=O)OC1CCCC1. The van der Waals surface area contributed by atoms with Crippen molar-refractivity contribution in [2.24, 2.45) is 5.92 Å². The third-order valence-corrected chi connectivity index (χ3v) is 10.2. The van der Waals surface area contributed by atoms with Crippen LogP contribution in [0.2, 0.25) is 0 Å². The van der Waals surface area contributed by atoms with Gasteiger partial charge in [-0.3, -0.25) is 9.36 Å². The number of nitrogens with zero attached hydrogens (tertiary/aromatic N) is 5. The Labute approximate surface area is 263 Å². The number of ether oxygens (including phenoxy) is 2. The zero-order chi connectivity index (χ0) is 30.9. The lowest BCUT2D eigenvalue weighted by atomic mass is 10.1. The van der Waals surface area contributed by atoms with Gasteiger partial charge in [0.15, 0.2) is 17.0 Å². The largest absolute Gasteiger partial charge is 0.461 e. The third-order valence-electron chi connectivity index (χ3n) is 8.85. The molecule has 3 fully saturated rings. The molecule has 5 unspecified atom stereocenters. The number of nitrogens with two attached hydrogens (primary N) is 1. The molecule has 2 aliphatic heterocycles. The van der Waals surface area contributed by atoms with Crippen molar-refractivity contribution in [1.82, 2.24) is 24.6 Å². The average molecular weight is 634 g/mol. The van der Waals surface area contributed by atoms with Crippen LogP contribution in [0.3, 0.4) is 0 Å². The van der Waals surface area contributed by atoms with Gasteiger partial charge in [-0.2, -0.15) is 9.97 Å². The van der Waals surface area contributed by atoms with E-state index in [0.717, 1.165) is 73.7 Å². The van der Waals surface area contributed by atoms with E-state index in [2.05, 4.69) is 31.9 Å². The van der Waals surface area contributed by atoms with Crippen LogP contribution >= 0.6 is 8.53 Å². The summed E-state index contributed by atoms with van der Waals surface area (Å²) in [6.07, 6.45) is 7.16. The summed E-state index contributed by atoms with van der Waals surface area (Å²) in [5, 5.41) is 5.30. The van der Waals surface area contributed by atoms with Gasteiger partial charge < -0.3 is 29.2 Å². The standard InChI is InChI=1S/C32H40N7O5P/c1-20-17-24(42-30(20)39-19-34-27-28(38-15-8-16-38)35-32(33)36-29(27)39)18-41-45(37-21(2)31(40)43-23-11-4-5-12-23)44-26-14-7-10-22-9-3-6-13-25(22)26/h3,6-7,9-10,13-14,19-21,23-24,30,37H,4-5,8,11-12,15-18H2,1-2H3,(H2,33,35,36). The molecule has 0 radical (unpaired) electrons. The van der Waals surface area contributed by atoms with E-state index in [-0.39, 0.29) is 42.9 Å². The van der Waals surface area contributed by atoms with Crippen molar-refractivity contribution < 1.29 is 23.3 Å². The zero-order valence-corrected chi connectivity index (χ0v) is 26.6. The average Bonchev–Trinajstić information content (AvgIpc) is 3.75. The van der Waals surface area contributed by atoms with Gasteiger partial charge in [0.2, 0.25) is 5.95 Å². The highest BCUT2D eigenvalue weighted by Crippen LogP contribution is 2.42. The predicted molar refractivity (Wildman–Crippen MR) is 173 cm³/mol. The van der Waals surface area contributed by atoms with Gasteiger partial charge in [0.05, 0.1) is 19.0 Å². The number of anilines is 2. The number of fused-ring (bicyclic) bond motifs is 2. The molecule has 2 aromatic heterocycles. The summed E-state index contributed by atoms with van der Waals surface area (Å²) >= 11 is 0. The summed E-state index contributed by atoms with van der Waals surface area (Å²) in [6.45, 7) is 6.08. The van der Waals surface area contributed by atoms with Crippen LogP contribution in [-0.2, 0) is 18.8 Å².